The Balaban J connectivity index is 1.89. The van der Waals surface area contributed by atoms with Gasteiger partial charge in [-0.2, -0.15) is 0 Å². The van der Waals surface area contributed by atoms with Crippen molar-refractivity contribution in [1.82, 2.24) is 15.3 Å². The number of aliphatic hydroxyl groups is 1. The molecular formula is C16H19N3O4. The fraction of sp³-hybridized carbons (Fsp3) is 0.312. The van der Waals surface area contributed by atoms with E-state index in [1.165, 1.54) is 12.3 Å². The van der Waals surface area contributed by atoms with Crippen LogP contribution in [0.3, 0.4) is 0 Å². The van der Waals surface area contributed by atoms with Gasteiger partial charge in [0.25, 0.3) is 5.91 Å². The van der Waals surface area contributed by atoms with E-state index < -0.39 is 6.10 Å². The quantitative estimate of drug-likeness (QED) is 0.705. The molecule has 122 valence electrons. The van der Waals surface area contributed by atoms with Gasteiger partial charge in [-0.1, -0.05) is 6.07 Å². The second-order valence-electron chi connectivity index (χ2n) is 4.70. The predicted molar refractivity (Wildman–Crippen MR) is 83.1 cm³/mol. The van der Waals surface area contributed by atoms with E-state index in [1.54, 1.807) is 37.6 Å². The van der Waals surface area contributed by atoms with Crippen molar-refractivity contribution in [3.8, 4) is 5.88 Å². The van der Waals surface area contributed by atoms with E-state index in [0.717, 1.165) is 0 Å². The lowest BCUT2D eigenvalue weighted by molar-refractivity contribution is 0.0913. The number of pyridine rings is 2. The summed E-state index contributed by atoms with van der Waals surface area (Å²) in [5.74, 6) is 0.0268. The number of ether oxygens (including phenoxy) is 2. The first-order chi connectivity index (χ1) is 11.2. The highest BCUT2D eigenvalue weighted by atomic mass is 16.5. The molecule has 2 N–H and O–H groups in total. The maximum atomic E-state index is 12.1. The zero-order valence-corrected chi connectivity index (χ0v) is 12.8. The van der Waals surface area contributed by atoms with Gasteiger partial charge in [-0.3, -0.25) is 9.78 Å². The number of aliphatic hydroxyl groups excluding tert-OH is 1. The average molecular weight is 317 g/mol. The molecule has 2 aromatic rings. The van der Waals surface area contributed by atoms with E-state index in [9.17, 15) is 9.90 Å². The van der Waals surface area contributed by atoms with Crippen molar-refractivity contribution in [2.75, 3.05) is 26.9 Å². The van der Waals surface area contributed by atoms with Crippen molar-refractivity contribution >= 4 is 5.91 Å². The molecule has 0 radical (unpaired) electrons. The largest absolute Gasteiger partial charge is 0.475 e. The van der Waals surface area contributed by atoms with Gasteiger partial charge in [0.05, 0.1) is 12.3 Å². The predicted octanol–water partition coefficient (Wildman–Crippen LogP) is 0.965. The number of hydrogen-bond donors (Lipinski definition) is 2. The minimum atomic E-state index is -0.862. The number of carbonyl (C=O) groups excluding carboxylic acids is 1. The second-order valence-corrected chi connectivity index (χ2v) is 4.70. The summed E-state index contributed by atoms with van der Waals surface area (Å²) in [4.78, 5) is 20.2. The minimum absolute atomic E-state index is 0.0675. The van der Waals surface area contributed by atoms with Crippen LogP contribution >= 0.6 is 0 Å². The normalized spacial score (nSPS) is 11.7. The lowest BCUT2D eigenvalue weighted by Crippen LogP contribution is -2.28. The number of aromatic nitrogens is 2. The summed E-state index contributed by atoms with van der Waals surface area (Å²) >= 11 is 0. The Morgan fingerprint density at radius 2 is 2.13 bits per heavy atom. The fourth-order valence-corrected chi connectivity index (χ4v) is 1.83. The molecule has 0 aromatic carbocycles. The zero-order chi connectivity index (χ0) is 16.5. The molecule has 0 saturated carbocycles. The van der Waals surface area contributed by atoms with Crippen molar-refractivity contribution in [1.29, 1.82) is 0 Å². The molecule has 0 unspecified atom stereocenters. The van der Waals surface area contributed by atoms with E-state index >= 15 is 0 Å². The summed E-state index contributed by atoms with van der Waals surface area (Å²) in [7, 11) is 1.58. The van der Waals surface area contributed by atoms with Crippen molar-refractivity contribution in [3.05, 3.63) is 54.0 Å². The molecule has 0 saturated heterocycles. The summed E-state index contributed by atoms with van der Waals surface area (Å²) in [5, 5.41) is 12.6. The average Bonchev–Trinajstić information content (AvgIpc) is 2.60. The summed E-state index contributed by atoms with van der Waals surface area (Å²) < 4.78 is 10.2. The second kappa shape index (κ2) is 8.82. The fourth-order valence-electron chi connectivity index (χ4n) is 1.83. The van der Waals surface area contributed by atoms with Crippen LogP contribution in [0.25, 0.3) is 0 Å². The molecule has 0 fully saturated rings. The Morgan fingerprint density at radius 3 is 2.87 bits per heavy atom. The molecule has 2 heterocycles. The van der Waals surface area contributed by atoms with Crippen LogP contribution in [-0.2, 0) is 4.74 Å². The van der Waals surface area contributed by atoms with E-state index in [1.807, 2.05) is 0 Å². The number of hydrogen-bond acceptors (Lipinski definition) is 6. The van der Waals surface area contributed by atoms with Gasteiger partial charge in [-0.15, -0.1) is 0 Å². The molecule has 0 aliphatic carbocycles. The standard InChI is InChI=1S/C16H19N3O4/c1-22-8-9-23-15-10-12(5-7-18-15)16(21)19-11-14(20)13-4-2-3-6-17-13/h2-7,10,14,20H,8-9,11H2,1H3,(H,19,21)/t14-/m0/s1. The summed E-state index contributed by atoms with van der Waals surface area (Å²) in [5.41, 5.74) is 0.909. The highest BCUT2D eigenvalue weighted by Gasteiger charge is 2.12. The van der Waals surface area contributed by atoms with Crippen LogP contribution in [0.15, 0.2) is 42.7 Å². The molecule has 1 atom stereocenters. The maximum Gasteiger partial charge on any atom is 0.251 e. The van der Waals surface area contributed by atoms with Crippen LogP contribution in [0, 0.1) is 0 Å². The third-order valence-electron chi connectivity index (χ3n) is 3.02. The zero-order valence-electron chi connectivity index (χ0n) is 12.8. The number of nitrogens with one attached hydrogen (secondary N) is 1. The van der Waals surface area contributed by atoms with Crippen LogP contribution in [0.2, 0.25) is 0 Å². The first-order valence-electron chi connectivity index (χ1n) is 7.15. The van der Waals surface area contributed by atoms with Crippen LogP contribution < -0.4 is 10.1 Å². The molecule has 0 bridgehead atoms. The Bertz CT molecular complexity index is 622. The van der Waals surface area contributed by atoms with Crippen molar-refractivity contribution in [2.45, 2.75) is 6.10 Å². The minimum Gasteiger partial charge on any atom is -0.475 e. The third-order valence-corrected chi connectivity index (χ3v) is 3.02. The maximum absolute atomic E-state index is 12.1. The Morgan fingerprint density at radius 1 is 1.26 bits per heavy atom. The van der Waals surface area contributed by atoms with Crippen molar-refractivity contribution in [2.24, 2.45) is 0 Å². The van der Waals surface area contributed by atoms with Crippen molar-refractivity contribution < 1.29 is 19.4 Å². The molecule has 7 heteroatoms. The monoisotopic (exact) mass is 317 g/mol. The first-order valence-corrected chi connectivity index (χ1v) is 7.15. The summed E-state index contributed by atoms with van der Waals surface area (Å²) in [6.07, 6.45) is 2.22. The van der Waals surface area contributed by atoms with Gasteiger partial charge in [-0.25, -0.2) is 4.98 Å². The molecule has 0 spiro atoms. The SMILES string of the molecule is COCCOc1cc(C(=O)NC[C@H](O)c2ccccn2)ccn1. The van der Waals surface area contributed by atoms with E-state index in [-0.39, 0.29) is 12.5 Å². The number of rotatable bonds is 8. The molecule has 0 aliphatic heterocycles. The molecule has 1 amide bonds. The van der Waals surface area contributed by atoms with E-state index in [0.29, 0.717) is 30.4 Å². The van der Waals surface area contributed by atoms with Gasteiger partial charge in [-0.05, 0) is 18.2 Å². The third kappa shape index (κ3) is 5.32. The lowest BCUT2D eigenvalue weighted by Gasteiger charge is -2.11. The highest BCUT2D eigenvalue weighted by Crippen LogP contribution is 2.11. The van der Waals surface area contributed by atoms with Crippen molar-refractivity contribution in [3.63, 3.8) is 0 Å². The Hall–Kier alpha value is -2.51. The number of amides is 1. The highest BCUT2D eigenvalue weighted by molar-refractivity contribution is 5.94. The summed E-state index contributed by atoms with van der Waals surface area (Å²) in [6.45, 7) is 0.860. The topological polar surface area (TPSA) is 93.6 Å². The van der Waals surface area contributed by atoms with Crippen LogP contribution in [0.5, 0.6) is 5.88 Å². The Labute approximate surface area is 134 Å². The van der Waals surface area contributed by atoms with Gasteiger partial charge in [0, 0.05) is 37.7 Å². The van der Waals surface area contributed by atoms with Gasteiger partial charge < -0.3 is 19.9 Å². The van der Waals surface area contributed by atoms with Gasteiger partial charge in [0.15, 0.2) is 0 Å². The van der Waals surface area contributed by atoms with Crippen LogP contribution in [0.1, 0.15) is 22.2 Å². The summed E-state index contributed by atoms with van der Waals surface area (Å²) in [6, 6.07) is 8.35. The number of carbonyl (C=O) groups is 1. The molecule has 23 heavy (non-hydrogen) atoms. The lowest BCUT2D eigenvalue weighted by atomic mass is 10.2. The van der Waals surface area contributed by atoms with Crippen LogP contribution in [-0.4, -0.2) is 47.8 Å². The molecule has 7 nitrogen and oxygen atoms in total. The van der Waals surface area contributed by atoms with E-state index in [2.05, 4.69) is 15.3 Å². The van der Waals surface area contributed by atoms with E-state index in [4.69, 9.17) is 9.47 Å². The Kier molecular flexibility index (Phi) is 6.46. The molecule has 2 aromatic heterocycles. The molecule has 0 aliphatic rings. The van der Waals surface area contributed by atoms with Crippen LogP contribution in [0.4, 0.5) is 0 Å². The van der Waals surface area contributed by atoms with Gasteiger partial charge in [0.1, 0.15) is 12.7 Å². The molecule has 2 rings (SSSR count). The van der Waals surface area contributed by atoms with Gasteiger partial charge >= 0.3 is 0 Å². The smallest absolute Gasteiger partial charge is 0.251 e. The number of methoxy groups -OCH3 is 1. The molecular weight excluding hydrogens is 298 g/mol. The van der Waals surface area contributed by atoms with Gasteiger partial charge in [0.2, 0.25) is 5.88 Å². The first kappa shape index (κ1) is 16.9. The number of nitrogens with zero attached hydrogens (tertiary/aromatic N) is 2.